The molecule has 0 saturated carbocycles. The highest BCUT2D eigenvalue weighted by atomic mass is 16.5. The lowest BCUT2D eigenvalue weighted by atomic mass is 9.82. The summed E-state index contributed by atoms with van der Waals surface area (Å²) in [7, 11) is 0. The van der Waals surface area contributed by atoms with Crippen LogP contribution < -0.4 is 0 Å². The Bertz CT molecular complexity index is 183. The van der Waals surface area contributed by atoms with E-state index in [2.05, 4.69) is 27.7 Å². The van der Waals surface area contributed by atoms with Crippen LogP contribution in [0.4, 0.5) is 0 Å². The third-order valence-corrected chi connectivity index (χ3v) is 3.51. The summed E-state index contributed by atoms with van der Waals surface area (Å²) in [5, 5.41) is 9.32. The molecule has 1 aliphatic heterocycles. The second-order valence-corrected chi connectivity index (χ2v) is 5.56. The number of ether oxygens (including phenoxy) is 1. The number of hydrogen-bond acceptors (Lipinski definition) is 2. The van der Waals surface area contributed by atoms with Crippen LogP contribution in [-0.4, -0.2) is 23.4 Å². The molecule has 0 amide bonds. The van der Waals surface area contributed by atoms with E-state index in [4.69, 9.17) is 4.74 Å². The van der Waals surface area contributed by atoms with Crippen molar-refractivity contribution in [2.75, 3.05) is 6.61 Å². The van der Waals surface area contributed by atoms with E-state index < -0.39 is 0 Å². The second-order valence-electron chi connectivity index (χ2n) is 5.56. The van der Waals surface area contributed by atoms with Crippen molar-refractivity contribution in [3.05, 3.63) is 0 Å². The van der Waals surface area contributed by atoms with Crippen molar-refractivity contribution in [2.45, 2.75) is 65.1 Å². The van der Waals surface area contributed by atoms with Crippen LogP contribution in [0.1, 0.15) is 53.4 Å². The van der Waals surface area contributed by atoms with Crippen molar-refractivity contribution in [3.8, 4) is 0 Å². The zero-order chi connectivity index (χ0) is 10.8. The highest BCUT2D eigenvalue weighted by Crippen LogP contribution is 2.37. The molecule has 0 aromatic rings. The Morgan fingerprint density at radius 3 is 2.50 bits per heavy atom. The molecule has 0 aromatic carbocycles. The molecule has 1 rings (SSSR count). The van der Waals surface area contributed by atoms with Gasteiger partial charge in [0.25, 0.3) is 0 Å². The monoisotopic (exact) mass is 200 g/mol. The van der Waals surface area contributed by atoms with Gasteiger partial charge in [-0.25, -0.2) is 0 Å². The molecule has 1 fully saturated rings. The summed E-state index contributed by atoms with van der Waals surface area (Å²) < 4.78 is 5.94. The maximum Gasteiger partial charge on any atom is 0.0631 e. The maximum absolute atomic E-state index is 9.32. The molecular weight excluding hydrogens is 176 g/mol. The van der Waals surface area contributed by atoms with Gasteiger partial charge in [0.2, 0.25) is 0 Å². The first-order chi connectivity index (χ1) is 6.41. The molecule has 2 nitrogen and oxygen atoms in total. The molecule has 0 spiro atoms. The van der Waals surface area contributed by atoms with Crippen molar-refractivity contribution < 1.29 is 9.84 Å². The lowest BCUT2D eigenvalue weighted by Crippen LogP contribution is -2.28. The van der Waals surface area contributed by atoms with Gasteiger partial charge in [-0.1, -0.05) is 13.8 Å². The first-order valence-corrected chi connectivity index (χ1v) is 5.69. The minimum atomic E-state index is 0.0467. The summed E-state index contributed by atoms with van der Waals surface area (Å²) in [6.07, 6.45) is 4.64. The fourth-order valence-corrected chi connectivity index (χ4v) is 2.09. The van der Waals surface area contributed by atoms with Gasteiger partial charge >= 0.3 is 0 Å². The van der Waals surface area contributed by atoms with Gasteiger partial charge in [0.15, 0.2) is 0 Å². The molecule has 0 radical (unpaired) electrons. The predicted molar refractivity (Wildman–Crippen MR) is 58.3 cm³/mol. The largest absolute Gasteiger partial charge is 0.396 e. The summed E-state index contributed by atoms with van der Waals surface area (Å²) in [6.45, 7) is 8.84. The molecular formula is C12H24O2. The van der Waals surface area contributed by atoms with Gasteiger partial charge < -0.3 is 9.84 Å². The minimum absolute atomic E-state index is 0.0467. The smallest absolute Gasteiger partial charge is 0.0631 e. The quantitative estimate of drug-likeness (QED) is 0.756. The predicted octanol–water partition coefficient (Wildman–Crippen LogP) is 2.74. The van der Waals surface area contributed by atoms with Gasteiger partial charge in [0.05, 0.1) is 11.7 Å². The number of rotatable bonds is 4. The Morgan fingerprint density at radius 2 is 2.14 bits per heavy atom. The molecule has 1 heterocycles. The van der Waals surface area contributed by atoms with Crippen molar-refractivity contribution in [1.29, 1.82) is 0 Å². The lowest BCUT2D eigenvalue weighted by molar-refractivity contribution is -0.0414. The van der Waals surface area contributed by atoms with Gasteiger partial charge in [-0.05, 0) is 44.9 Å². The van der Waals surface area contributed by atoms with E-state index in [1.165, 1.54) is 0 Å². The highest BCUT2D eigenvalue weighted by molar-refractivity contribution is 4.85. The third-order valence-electron chi connectivity index (χ3n) is 3.51. The van der Waals surface area contributed by atoms with E-state index in [9.17, 15) is 5.11 Å². The van der Waals surface area contributed by atoms with Gasteiger partial charge in [0, 0.05) is 6.61 Å². The van der Waals surface area contributed by atoms with Crippen LogP contribution in [0, 0.1) is 5.41 Å². The molecule has 2 unspecified atom stereocenters. The summed E-state index contributed by atoms with van der Waals surface area (Å²) in [5.41, 5.74) is 0.0971. The Balaban J connectivity index is 2.46. The second kappa shape index (κ2) is 4.19. The standard InChI is InChI=1S/C12H24O2/c1-5-12(4,9-13)8-10-6-7-11(2,3)14-10/h10,13H,5-9H2,1-4H3. The summed E-state index contributed by atoms with van der Waals surface area (Å²) >= 11 is 0. The Kier molecular flexibility index (Phi) is 3.59. The van der Waals surface area contributed by atoms with E-state index in [1.54, 1.807) is 0 Å². The molecule has 1 N–H and O–H groups in total. The molecule has 14 heavy (non-hydrogen) atoms. The SMILES string of the molecule is CCC(C)(CO)CC1CCC(C)(C)O1. The number of aliphatic hydroxyl groups excluding tert-OH is 1. The average molecular weight is 200 g/mol. The lowest BCUT2D eigenvalue weighted by Gasteiger charge is -2.29. The zero-order valence-electron chi connectivity index (χ0n) is 9.97. The van der Waals surface area contributed by atoms with Crippen LogP contribution in [0.2, 0.25) is 0 Å². The summed E-state index contributed by atoms with van der Waals surface area (Å²) in [4.78, 5) is 0. The Labute approximate surface area is 87.7 Å². The molecule has 0 aliphatic carbocycles. The van der Waals surface area contributed by atoms with Gasteiger partial charge in [-0.3, -0.25) is 0 Å². The van der Waals surface area contributed by atoms with Gasteiger partial charge in [0.1, 0.15) is 0 Å². The molecule has 0 aromatic heterocycles. The number of aliphatic hydroxyl groups is 1. The van der Waals surface area contributed by atoms with Crippen LogP contribution in [0.5, 0.6) is 0 Å². The van der Waals surface area contributed by atoms with E-state index >= 15 is 0 Å². The first kappa shape index (κ1) is 12.0. The molecule has 2 atom stereocenters. The Hall–Kier alpha value is -0.0800. The van der Waals surface area contributed by atoms with Gasteiger partial charge in [-0.2, -0.15) is 0 Å². The van der Waals surface area contributed by atoms with Crippen LogP contribution in [0.25, 0.3) is 0 Å². The van der Waals surface area contributed by atoms with Crippen LogP contribution in [0.3, 0.4) is 0 Å². The zero-order valence-corrected chi connectivity index (χ0v) is 9.97. The summed E-state index contributed by atoms with van der Waals surface area (Å²) in [5.74, 6) is 0. The van der Waals surface area contributed by atoms with Crippen molar-refractivity contribution in [1.82, 2.24) is 0 Å². The fourth-order valence-electron chi connectivity index (χ4n) is 2.09. The average Bonchev–Trinajstić information content (AvgIpc) is 2.45. The van der Waals surface area contributed by atoms with Crippen LogP contribution in [-0.2, 0) is 4.74 Å². The molecule has 84 valence electrons. The third kappa shape index (κ3) is 2.96. The van der Waals surface area contributed by atoms with Crippen molar-refractivity contribution in [2.24, 2.45) is 5.41 Å². The highest BCUT2D eigenvalue weighted by Gasteiger charge is 2.35. The molecule has 1 aliphatic rings. The van der Waals surface area contributed by atoms with Crippen LogP contribution >= 0.6 is 0 Å². The van der Waals surface area contributed by atoms with E-state index in [-0.39, 0.29) is 17.6 Å². The molecule has 1 saturated heterocycles. The molecule has 2 heteroatoms. The molecule has 0 bridgehead atoms. The fraction of sp³-hybridized carbons (Fsp3) is 1.00. The summed E-state index contributed by atoms with van der Waals surface area (Å²) in [6, 6.07) is 0. The van der Waals surface area contributed by atoms with E-state index in [0.29, 0.717) is 6.10 Å². The minimum Gasteiger partial charge on any atom is -0.396 e. The first-order valence-electron chi connectivity index (χ1n) is 5.69. The Morgan fingerprint density at radius 1 is 1.50 bits per heavy atom. The topological polar surface area (TPSA) is 29.5 Å². The van der Waals surface area contributed by atoms with Gasteiger partial charge in [-0.15, -0.1) is 0 Å². The van der Waals surface area contributed by atoms with E-state index in [1.807, 2.05) is 0 Å². The maximum atomic E-state index is 9.32. The van der Waals surface area contributed by atoms with Crippen LogP contribution in [0.15, 0.2) is 0 Å². The number of hydrogen-bond donors (Lipinski definition) is 1. The van der Waals surface area contributed by atoms with Crippen molar-refractivity contribution >= 4 is 0 Å². The normalized spacial score (nSPS) is 30.2. The van der Waals surface area contributed by atoms with Crippen molar-refractivity contribution in [3.63, 3.8) is 0 Å². The van der Waals surface area contributed by atoms with E-state index in [0.717, 1.165) is 25.7 Å².